The first-order chi connectivity index (χ1) is 4.29. The molecule has 0 saturated heterocycles. The zero-order valence-corrected chi connectivity index (χ0v) is 6.06. The summed E-state index contributed by atoms with van der Waals surface area (Å²) < 4.78 is 0. The predicted molar refractivity (Wildman–Crippen MR) is 39.3 cm³/mol. The zero-order chi connectivity index (χ0) is 6.69. The molecule has 0 spiro atoms. The Hall–Kier alpha value is -0.0800. The van der Waals surface area contributed by atoms with Crippen LogP contribution in [-0.4, -0.2) is 18.6 Å². The second-order valence-corrected chi connectivity index (χ2v) is 3.01. The Morgan fingerprint density at radius 1 is 1.67 bits per heavy atom. The van der Waals surface area contributed by atoms with Gasteiger partial charge in [0.25, 0.3) is 0 Å². The van der Waals surface area contributed by atoms with Crippen LogP contribution >= 0.6 is 0 Å². The van der Waals surface area contributed by atoms with Crippen molar-refractivity contribution in [1.82, 2.24) is 5.32 Å². The first-order valence-corrected chi connectivity index (χ1v) is 3.78. The third kappa shape index (κ3) is 2.33. The van der Waals surface area contributed by atoms with E-state index >= 15 is 0 Å². The Morgan fingerprint density at radius 2 is 2.33 bits per heavy atom. The fourth-order valence-electron chi connectivity index (χ4n) is 0.965. The molecule has 0 unspecified atom stereocenters. The van der Waals surface area contributed by atoms with Gasteiger partial charge in [0.05, 0.1) is 0 Å². The summed E-state index contributed by atoms with van der Waals surface area (Å²) >= 11 is 0. The minimum absolute atomic E-state index is 0.311. The molecule has 1 fully saturated rings. The van der Waals surface area contributed by atoms with E-state index in [2.05, 4.69) is 5.32 Å². The van der Waals surface area contributed by atoms with Crippen molar-refractivity contribution in [2.24, 2.45) is 5.73 Å². The topological polar surface area (TPSA) is 38.0 Å². The van der Waals surface area contributed by atoms with Crippen LogP contribution in [0.1, 0.15) is 26.2 Å². The maximum atomic E-state index is 5.56. The lowest BCUT2D eigenvalue weighted by Crippen LogP contribution is -2.41. The number of rotatable bonds is 3. The maximum absolute atomic E-state index is 5.56. The van der Waals surface area contributed by atoms with Crippen LogP contribution in [0.25, 0.3) is 0 Å². The van der Waals surface area contributed by atoms with E-state index in [1.54, 1.807) is 0 Å². The number of hydrogen-bond donors (Lipinski definition) is 2. The quantitative estimate of drug-likeness (QED) is 0.580. The summed E-state index contributed by atoms with van der Waals surface area (Å²) in [6.07, 6.45) is 4.11. The van der Waals surface area contributed by atoms with E-state index < -0.39 is 0 Å². The van der Waals surface area contributed by atoms with Crippen molar-refractivity contribution in [2.45, 2.75) is 38.3 Å². The van der Waals surface area contributed by atoms with Crippen LogP contribution in [-0.2, 0) is 0 Å². The first kappa shape index (κ1) is 7.03. The molecule has 0 radical (unpaired) electrons. The zero-order valence-electron chi connectivity index (χ0n) is 6.06. The summed E-state index contributed by atoms with van der Waals surface area (Å²) in [5.41, 5.74) is 5.56. The van der Waals surface area contributed by atoms with Gasteiger partial charge in [-0.2, -0.15) is 0 Å². The van der Waals surface area contributed by atoms with Crippen LogP contribution in [0.15, 0.2) is 0 Å². The van der Waals surface area contributed by atoms with Crippen LogP contribution in [0.3, 0.4) is 0 Å². The Kier molecular flexibility index (Phi) is 2.49. The Morgan fingerprint density at radius 3 is 2.67 bits per heavy atom. The lowest BCUT2D eigenvalue weighted by atomic mass is 9.93. The van der Waals surface area contributed by atoms with Crippen molar-refractivity contribution in [3.8, 4) is 0 Å². The summed E-state index contributed by atoms with van der Waals surface area (Å²) in [6.45, 7) is 3.01. The molecule has 9 heavy (non-hydrogen) atoms. The number of nitrogens with two attached hydrogens (primary N) is 1. The van der Waals surface area contributed by atoms with Crippen molar-refractivity contribution < 1.29 is 0 Å². The summed E-state index contributed by atoms with van der Waals surface area (Å²) in [5.74, 6) is 0. The molecule has 0 aromatic carbocycles. The van der Waals surface area contributed by atoms with Crippen molar-refractivity contribution in [1.29, 1.82) is 0 Å². The SMILES string of the molecule is C[C@H](N)CNC1CCC1. The molecule has 0 bridgehead atoms. The third-order valence-electron chi connectivity index (χ3n) is 1.83. The van der Waals surface area contributed by atoms with Gasteiger partial charge in [0.15, 0.2) is 0 Å². The summed E-state index contributed by atoms with van der Waals surface area (Å²) in [4.78, 5) is 0. The van der Waals surface area contributed by atoms with Gasteiger partial charge in [0, 0.05) is 18.6 Å². The van der Waals surface area contributed by atoms with Crippen molar-refractivity contribution >= 4 is 0 Å². The average molecular weight is 128 g/mol. The molecule has 54 valence electrons. The van der Waals surface area contributed by atoms with Gasteiger partial charge < -0.3 is 11.1 Å². The summed E-state index contributed by atoms with van der Waals surface area (Å²) in [6, 6.07) is 1.10. The minimum Gasteiger partial charge on any atom is -0.327 e. The second-order valence-electron chi connectivity index (χ2n) is 3.01. The molecule has 1 saturated carbocycles. The molecule has 1 aliphatic rings. The molecule has 3 N–H and O–H groups in total. The molecule has 1 rings (SSSR count). The van der Waals surface area contributed by atoms with Crippen LogP contribution in [0, 0.1) is 0 Å². The van der Waals surface area contributed by atoms with Crippen molar-refractivity contribution in [3.63, 3.8) is 0 Å². The van der Waals surface area contributed by atoms with Gasteiger partial charge >= 0.3 is 0 Å². The fraction of sp³-hybridized carbons (Fsp3) is 1.00. The summed E-state index contributed by atoms with van der Waals surface area (Å²) in [7, 11) is 0. The molecule has 0 amide bonds. The Labute approximate surface area is 56.8 Å². The normalized spacial score (nSPS) is 23.3. The van der Waals surface area contributed by atoms with E-state index in [1.807, 2.05) is 6.92 Å². The smallest absolute Gasteiger partial charge is 0.0136 e. The third-order valence-corrected chi connectivity index (χ3v) is 1.83. The lowest BCUT2D eigenvalue weighted by molar-refractivity contribution is 0.334. The first-order valence-electron chi connectivity index (χ1n) is 3.78. The fourth-order valence-corrected chi connectivity index (χ4v) is 0.965. The Bertz CT molecular complexity index is 77.0. The Balaban J connectivity index is 1.91. The molecule has 0 aromatic heterocycles. The van der Waals surface area contributed by atoms with E-state index in [1.165, 1.54) is 19.3 Å². The standard InChI is InChI=1S/C7H16N2/c1-6(8)5-9-7-3-2-4-7/h6-7,9H,2-5,8H2,1H3/t6-/m0/s1. The van der Waals surface area contributed by atoms with Gasteiger partial charge in [-0.25, -0.2) is 0 Å². The van der Waals surface area contributed by atoms with Gasteiger partial charge in [0.1, 0.15) is 0 Å². The van der Waals surface area contributed by atoms with E-state index in [4.69, 9.17) is 5.73 Å². The highest BCUT2D eigenvalue weighted by Crippen LogP contribution is 2.17. The predicted octanol–water partition coefficient (Wildman–Crippen LogP) is 0.476. The highest BCUT2D eigenvalue weighted by atomic mass is 14.9. The highest BCUT2D eigenvalue weighted by molar-refractivity contribution is 4.77. The van der Waals surface area contributed by atoms with Crippen molar-refractivity contribution in [3.05, 3.63) is 0 Å². The molecule has 0 aliphatic heterocycles. The van der Waals surface area contributed by atoms with E-state index in [9.17, 15) is 0 Å². The van der Waals surface area contributed by atoms with Gasteiger partial charge in [-0.1, -0.05) is 6.42 Å². The summed E-state index contributed by atoms with van der Waals surface area (Å²) in [5, 5.41) is 3.39. The molecule has 0 aromatic rings. The van der Waals surface area contributed by atoms with Gasteiger partial charge in [-0.15, -0.1) is 0 Å². The monoisotopic (exact) mass is 128 g/mol. The van der Waals surface area contributed by atoms with Crippen LogP contribution < -0.4 is 11.1 Å². The van der Waals surface area contributed by atoms with Gasteiger partial charge in [-0.05, 0) is 19.8 Å². The molecule has 1 aliphatic carbocycles. The molecule has 2 heteroatoms. The lowest BCUT2D eigenvalue weighted by Gasteiger charge is -2.27. The number of nitrogens with one attached hydrogen (secondary N) is 1. The molecular formula is C7H16N2. The highest BCUT2D eigenvalue weighted by Gasteiger charge is 2.15. The minimum atomic E-state index is 0.311. The molecule has 0 heterocycles. The van der Waals surface area contributed by atoms with Crippen LogP contribution in [0.5, 0.6) is 0 Å². The molecular weight excluding hydrogens is 112 g/mol. The van der Waals surface area contributed by atoms with Gasteiger partial charge in [-0.3, -0.25) is 0 Å². The van der Waals surface area contributed by atoms with Gasteiger partial charge in [0.2, 0.25) is 0 Å². The van der Waals surface area contributed by atoms with Crippen LogP contribution in [0.4, 0.5) is 0 Å². The molecule has 1 atom stereocenters. The van der Waals surface area contributed by atoms with E-state index in [-0.39, 0.29) is 0 Å². The number of hydrogen-bond acceptors (Lipinski definition) is 2. The van der Waals surface area contributed by atoms with E-state index in [0.717, 1.165) is 12.6 Å². The maximum Gasteiger partial charge on any atom is 0.0136 e. The molecule has 2 nitrogen and oxygen atoms in total. The van der Waals surface area contributed by atoms with E-state index in [0.29, 0.717) is 6.04 Å². The largest absolute Gasteiger partial charge is 0.327 e. The van der Waals surface area contributed by atoms with Crippen LogP contribution in [0.2, 0.25) is 0 Å². The van der Waals surface area contributed by atoms with Crippen molar-refractivity contribution in [2.75, 3.05) is 6.54 Å². The average Bonchev–Trinajstić information content (AvgIpc) is 1.60. The second kappa shape index (κ2) is 3.18.